The minimum Gasteiger partial charge on any atom is -0.367 e. The van der Waals surface area contributed by atoms with Crippen LogP contribution in [0.3, 0.4) is 0 Å². The van der Waals surface area contributed by atoms with Gasteiger partial charge in [0.05, 0.1) is 21.3 Å². The van der Waals surface area contributed by atoms with E-state index in [0.717, 1.165) is 10.6 Å². The van der Waals surface area contributed by atoms with E-state index in [1.54, 1.807) is 24.3 Å². The number of hydrazone groups is 1. The van der Waals surface area contributed by atoms with Crippen LogP contribution in [0.15, 0.2) is 40.8 Å². The number of halogens is 1. The highest BCUT2D eigenvalue weighted by atomic mass is 35.5. The minimum atomic E-state index is -0.262. The number of hydrogen-bond acceptors (Lipinski definition) is 7. The molecule has 0 spiro atoms. The lowest BCUT2D eigenvalue weighted by Gasteiger charge is -2.36. The van der Waals surface area contributed by atoms with E-state index in [4.69, 9.17) is 22.1 Å². The van der Waals surface area contributed by atoms with Crippen molar-refractivity contribution in [1.29, 1.82) is 10.5 Å². The quantitative estimate of drug-likeness (QED) is 0.630. The molecule has 1 aromatic carbocycles. The Morgan fingerprint density at radius 2 is 1.93 bits per heavy atom. The van der Waals surface area contributed by atoms with Crippen molar-refractivity contribution in [2.75, 3.05) is 36.5 Å². The van der Waals surface area contributed by atoms with Gasteiger partial charge in [0.25, 0.3) is 5.91 Å². The Balaban J connectivity index is 1.63. The first-order valence-electron chi connectivity index (χ1n) is 8.13. The van der Waals surface area contributed by atoms with Crippen LogP contribution in [0.5, 0.6) is 0 Å². The number of carbonyl (C=O) groups is 1. The SMILES string of the molecule is N#CC(C#N)=NNc1ccc(N2CCN(C(=O)c3cccs3)CC2)c(Cl)c1. The standard InChI is InChI=1S/C18H15ClN6OS/c19-15-10-13(22-23-14(11-20)12-21)3-4-16(15)24-5-7-25(8-6-24)18(26)17-2-1-9-27-17/h1-4,9-10,22H,5-8H2. The minimum absolute atomic E-state index is 0.0685. The average molecular weight is 399 g/mol. The van der Waals surface area contributed by atoms with Gasteiger partial charge < -0.3 is 9.80 Å². The van der Waals surface area contributed by atoms with Gasteiger partial charge >= 0.3 is 0 Å². The van der Waals surface area contributed by atoms with E-state index >= 15 is 0 Å². The number of anilines is 2. The van der Waals surface area contributed by atoms with Crippen molar-refractivity contribution in [1.82, 2.24) is 4.90 Å². The van der Waals surface area contributed by atoms with E-state index in [0.29, 0.717) is 36.9 Å². The number of amides is 1. The number of carbonyl (C=O) groups excluding carboxylic acids is 1. The molecule has 3 rings (SSSR count). The molecule has 7 nitrogen and oxygen atoms in total. The summed E-state index contributed by atoms with van der Waals surface area (Å²) in [4.78, 5) is 17.2. The summed E-state index contributed by atoms with van der Waals surface area (Å²) in [5, 5.41) is 23.5. The van der Waals surface area contributed by atoms with Gasteiger partial charge in [0.15, 0.2) is 0 Å². The number of benzene rings is 1. The predicted molar refractivity (Wildman–Crippen MR) is 106 cm³/mol. The molecule has 1 N–H and O–H groups in total. The molecule has 0 atom stereocenters. The van der Waals surface area contributed by atoms with Gasteiger partial charge in [-0.25, -0.2) is 0 Å². The first-order chi connectivity index (χ1) is 13.1. The Morgan fingerprint density at radius 1 is 1.19 bits per heavy atom. The molecule has 1 aromatic heterocycles. The largest absolute Gasteiger partial charge is 0.367 e. The maximum Gasteiger partial charge on any atom is 0.264 e. The molecule has 136 valence electrons. The van der Waals surface area contributed by atoms with Crippen LogP contribution < -0.4 is 10.3 Å². The molecule has 0 saturated carbocycles. The fraction of sp³-hybridized carbons (Fsp3) is 0.222. The highest BCUT2D eigenvalue weighted by molar-refractivity contribution is 7.12. The summed E-state index contributed by atoms with van der Waals surface area (Å²) in [7, 11) is 0. The zero-order valence-corrected chi connectivity index (χ0v) is 15.8. The van der Waals surface area contributed by atoms with Crippen LogP contribution >= 0.6 is 22.9 Å². The third kappa shape index (κ3) is 4.37. The van der Waals surface area contributed by atoms with Crippen molar-refractivity contribution in [3.05, 3.63) is 45.6 Å². The molecule has 2 aromatic rings. The van der Waals surface area contributed by atoms with Crippen LogP contribution in [-0.2, 0) is 0 Å². The van der Waals surface area contributed by atoms with Crippen LogP contribution in [0.2, 0.25) is 5.02 Å². The lowest BCUT2D eigenvalue weighted by molar-refractivity contribution is 0.0751. The van der Waals surface area contributed by atoms with Crippen LogP contribution in [0.1, 0.15) is 9.67 Å². The van der Waals surface area contributed by atoms with Gasteiger partial charge in [0.2, 0.25) is 5.71 Å². The lowest BCUT2D eigenvalue weighted by atomic mass is 10.2. The molecule has 9 heteroatoms. The van der Waals surface area contributed by atoms with Crippen molar-refractivity contribution in [2.24, 2.45) is 5.10 Å². The molecule has 27 heavy (non-hydrogen) atoms. The molecule has 1 aliphatic rings. The number of hydrogen-bond donors (Lipinski definition) is 1. The van der Waals surface area contributed by atoms with Crippen LogP contribution in [0.25, 0.3) is 0 Å². The number of nitriles is 2. The van der Waals surface area contributed by atoms with E-state index in [1.807, 2.05) is 28.5 Å². The summed E-state index contributed by atoms with van der Waals surface area (Å²) in [5.74, 6) is 0.0685. The fourth-order valence-corrected chi connectivity index (χ4v) is 3.73. The first kappa shape index (κ1) is 18.7. The number of nitrogens with zero attached hydrogens (tertiary/aromatic N) is 5. The molecule has 1 amide bonds. The Labute approximate surface area is 165 Å². The molecular formula is C18H15ClN6OS. The van der Waals surface area contributed by atoms with E-state index in [9.17, 15) is 4.79 Å². The second-order valence-corrected chi connectivity index (χ2v) is 7.07. The highest BCUT2D eigenvalue weighted by Crippen LogP contribution is 2.30. The molecule has 0 aliphatic carbocycles. The zero-order chi connectivity index (χ0) is 19.2. The Hall–Kier alpha value is -3.07. The second-order valence-electron chi connectivity index (χ2n) is 5.72. The van der Waals surface area contributed by atoms with Gasteiger partial charge in [-0.2, -0.15) is 15.6 Å². The normalized spacial score (nSPS) is 13.4. The zero-order valence-electron chi connectivity index (χ0n) is 14.2. The van der Waals surface area contributed by atoms with Crippen molar-refractivity contribution in [3.63, 3.8) is 0 Å². The summed E-state index contributed by atoms with van der Waals surface area (Å²) in [6, 6.07) is 12.4. The number of nitrogens with one attached hydrogen (secondary N) is 1. The third-order valence-electron chi connectivity index (χ3n) is 4.10. The molecular weight excluding hydrogens is 384 g/mol. The van der Waals surface area contributed by atoms with Crippen molar-refractivity contribution in [3.8, 4) is 12.1 Å². The molecule has 1 aliphatic heterocycles. The summed E-state index contributed by atoms with van der Waals surface area (Å²) in [6.45, 7) is 2.64. The summed E-state index contributed by atoms with van der Waals surface area (Å²) >= 11 is 7.84. The lowest BCUT2D eigenvalue weighted by Crippen LogP contribution is -2.48. The summed E-state index contributed by atoms with van der Waals surface area (Å²) < 4.78 is 0. The van der Waals surface area contributed by atoms with E-state index in [1.165, 1.54) is 11.3 Å². The Kier molecular flexibility index (Phi) is 5.92. The van der Waals surface area contributed by atoms with E-state index in [-0.39, 0.29) is 11.6 Å². The Bertz CT molecular complexity index is 920. The molecule has 0 radical (unpaired) electrons. The topological polar surface area (TPSA) is 95.5 Å². The fourth-order valence-electron chi connectivity index (χ4n) is 2.73. The maximum absolute atomic E-state index is 12.4. The molecule has 1 saturated heterocycles. The Morgan fingerprint density at radius 3 is 2.52 bits per heavy atom. The van der Waals surface area contributed by atoms with E-state index < -0.39 is 0 Å². The summed E-state index contributed by atoms with van der Waals surface area (Å²) in [6.07, 6.45) is 0. The number of rotatable bonds is 4. The van der Waals surface area contributed by atoms with Crippen LogP contribution in [0.4, 0.5) is 11.4 Å². The number of thiophene rings is 1. The molecule has 2 heterocycles. The smallest absolute Gasteiger partial charge is 0.264 e. The first-order valence-corrected chi connectivity index (χ1v) is 9.39. The van der Waals surface area contributed by atoms with Crippen LogP contribution in [0, 0.1) is 22.7 Å². The van der Waals surface area contributed by atoms with Gasteiger partial charge in [-0.15, -0.1) is 11.3 Å². The van der Waals surface area contributed by atoms with Crippen molar-refractivity contribution >= 4 is 45.9 Å². The predicted octanol–water partition coefficient (Wildman–Crippen LogP) is 3.18. The van der Waals surface area contributed by atoms with Gasteiger partial charge in [-0.1, -0.05) is 17.7 Å². The van der Waals surface area contributed by atoms with Crippen LogP contribution in [-0.4, -0.2) is 42.7 Å². The molecule has 1 fully saturated rings. The molecule has 0 unspecified atom stereocenters. The van der Waals surface area contributed by atoms with Gasteiger partial charge in [-0.3, -0.25) is 10.2 Å². The monoisotopic (exact) mass is 398 g/mol. The summed E-state index contributed by atoms with van der Waals surface area (Å²) in [5.41, 5.74) is 3.83. The average Bonchev–Trinajstić information content (AvgIpc) is 3.23. The van der Waals surface area contributed by atoms with Gasteiger partial charge in [-0.05, 0) is 29.6 Å². The van der Waals surface area contributed by atoms with Gasteiger partial charge in [0, 0.05) is 26.2 Å². The molecule has 0 bridgehead atoms. The van der Waals surface area contributed by atoms with Gasteiger partial charge in [0.1, 0.15) is 12.1 Å². The van der Waals surface area contributed by atoms with E-state index in [2.05, 4.69) is 15.4 Å². The number of piperazine rings is 1. The second kappa shape index (κ2) is 8.54. The van der Waals surface area contributed by atoms with Crippen molar-refractivity contribution < 1.29 is 4.79 Å². The maximum atomic E-state index is 12.4. The third-order valence-corrected chi connectivity index (χ3v) is 5.26. The highest BCUT2D eigenvalue weighted by Gasteiger charge is 2.23. The van der Waals surface area contributed by atoms with Crippen molar-refractivity contribution in [2.45, 2.75) is 0 Å².